The van der Waals surface area contributed by atoms with E-state index in [9.17, 15) is 27.2 Å². The SMILES string of the molecule is C=C(F)C(=O)N1CC(n2nc(-c3ccc(C(F)(F)F)cc3)c3nccc(-c4cnn(CC(=O)NC5CCN(C)CC5)c4)c32)C1. The third-order valence-corrected chi connectivity index (χ3v) is 8.13. The van der Waals surface area contributed by atoms with Crippen LogP contribution in [0.2, 0.25) is 0 Å². The van der Waals surface area contributed by atoms with Crippen molar-refractivity contribution in [3.8, 4) is 22.4 Å². The maximum Gasteiger partial charge on any atom is 0.416 e. The molecular formula is C30H30F4N8O2. The largest absolute Gasteiger partial charge is 0.416 e. The number of carbonyl (C=O) groups excluding carboxylic acids is 2. The van der Waals surface area contributed by atoms with Gasteiger partial charge in [0.15, 0.2) is 5.83 Å². The Morgan fingerprint density at radius 3 is 2.43 bits per heavy atom. The molecule has 5 heterocycles. The number of hydrogen-bond acceptors (Lipinski definition) is 6. The Morgan fingerprint density at radius 2 is 1.77 bits per heavy atom. The fourth-order valence-electron chi connectivity index (χ4n) is 5.68. The lowest BCUT2D eigenvalue weighted by Gasteiger charge is -2.39. The number of alkyl halides is 3. The second-order valence-electron chi connectivity index (χ2n) is 11.3. The molecule has 0 unspecified atom stereocenters. The lowest BCUT2D eigenvalue weighted by Crippen LogP contribution is -2.51. The van der Waals surface area contributed by atoms with Crippen molar-refractivity contribution in [2.24, 2.45) is 0 Å². The number of hydrogen-bond donors (Lipinski definition) is 1. The average Bonchev–Trinajstić information content (AvgIpc) is 3.58. The summed E-state index contributed by atoms with van der Waals surface area (Å²) in [6.45, 7) is 5.28. The summed E-state index contributed by atoms with van der Waals surface area (Å²) in [4.78, 5) is 32.9. The van der Waals surface area contributed by atoms with Gasteiger partial charge in [-0.25, -0.2) is 4.39 Å². The van der Waals surface area contributed by atoms with Crippen LogP contribution in [0.5, 0.6) is 0 Å². The summed E-state index contributed by atoms with van der Waals surface area (Å²) in [5, 5.41) is 12.2. The van der Waals surface area contributed by atoms with Gasteiger partial charge >= 0.3 is 6.18 Å². The molecule has 4 aromatic rings. The standard InChI is InChI=1S/C30H30F4N8O2/c1-18(31)29(44)40-15-23(16-40)42-28-24(20-13-36-41(14-20)17-25(43)37-22-8-11-39(2)12-9-22)7-10-35-27(28)26(38-42)19-3-5-21(6-4-19)30(32,33)34/h3-7,10,13-14,22-23H,1,8-9,11-12,15-17H2,2H3,(H,37,43). The number of piperidine rings is 1. The highest BCUT2D eigenvalue weighted by molar-refractivity contribution is 5.99. The first-order chi connectivity index (χ1) is 21.0. The molecule has 2 amide bonds. The van der Waals surface area contributed by atoms with Crippen molar-refractivity contribution in [2.75, 3.05) is 33.2 Å². The lowest BCUT2D eigenvalue weighted by molar-refractivity contribution is -0.137. The smallest absolute Gasteiger partial charge is 0.352 e. The molecule has 2 fully saturated rings. The number of nitrogens with zero attached hydrogens (tertiary/aromatic N) is 7. The fourth-order valence-corrected chi connectivity index (χ4v) is 5.68. The topological polar surface area (TPSA) is 101 Å². The molecule has 2 aliphatic rings. The second kappa shape index (κ2) is 11.5. The number of rotatable bonds is 7. The van der Waals surface area contributed by atoms with E-state index in [1.54, 1.807) is 34.0 Å². The summed E-state index contributed by atoms with van der Waals surface area (Å²) >= 11 is 0. The van der Waals surface area contributed by atoms with Crippen molar-refractivity contribution >= 4 is 22.8 Å². The van der Waals surface area contributed by atoms with Gasteiger partial charge in [0, 0.05) is 48.2 Å². The molecule has 3 aromatic heterocycles. The molecule has 10 nitrogen and oxygen atoms in total. The summed E-state index contributed by atoms with van der Waals surface area (Å²) in [6, 6.07) is 6.20. The van der Waals surface area contributed by atoms with Gasteiger partial charge in [-0.05, 0) is 51.2 Å². The van der Waals surface area contributed by atoms with E-state index in [1.807, 2.05) is 0 Å². The molecule has 1 aromatic carbocycles. The highest BCUT2D eigenvalue weighted by Gasteiger charge is 2.36. The minimum atomic E-state index is -4.49. The Bertz CT molecular complexity index is 1710. The maximum atomic E-state index is 13.5. The molecule has 14 heteroatoms. The first-order valence-electron chi connectivity index (χ1n) is 14.2. The van der Waals surface area contributed by atoms with Crippen molar-refractivity contribution in [3.05, 3.63) is 66.9 Å². The molecular weight excluding hydrogens is 580 g/mol. The summed E-state index contributed by atoms with van der Waals surface area (Å²) in [5.41, 5.74) is 2.38. The van der Waals surface area contributed by atoms with Crippen LogP contribution in [0, 0.1) is 0 Å². The fraction of sp³-hybridized carbons (Fsp3) is 0.367. The lowest BCUT2D eigenvalue weighted by atomic mass is 10.0. The van der Waals surface area contributed by atoms with Crippen LogP contribution in [-0.4, -0.2) is 85.4 Å². The predicted molar refractivity (Wildman–Crippen MR) is 154 cm³/mol. The number of nitrogens with one attached hydrogen (secondary N) is 1. The summed E-state index contributed by atoms with van der Waals surface area (Å²) in [6.07, 6.45) is 2.22. The molecule has 0 aliphatic carbocycles. The number of halogens is 4. The molecule has 44 heavy (non-hydrogen) atoms. The van der Waals surface area contributed by atoms with Gasteiger partial charge in [0.05, 0.1) is 23.3 Å². The van der Waals surface area contributed by atoms with Crippen LogP contribution in [0.25, 0.3) is 33.4 Å². The van der Waals surface area contributed by atoms with E-state index in [1.165, 1.54) is 17.0 Å². The van der Waals surface area contributed by atoms with Gasteiger partial charge in [-0.2, -0.15) is 23.4 Å². The van der Waals surface area contributed by atoms with Crippen LogP contribution in [-0.2, 0) is 22.3 Å². The average molecular weight is 611 g/mol. The third-order valence-electron chi connectivity index (χ3n) is 8.13. The van der Waals surface area contributed by atoms with E-state index in [0.717, 1.165) is 38.1 Å². The van der Waals surface area contributed by atoms with E-state index < -0.39 is 23.5 Å². The molecule has 6 rings (SSSR count). The number of aromatic nitrogens is 5. The third kappa shape index (κ3) is 5.81. The molecule has 0 saturated carbocycles. The van der Waals surface area contributed by atoms with Gasteiger partial charge in [-0.3, -0.25) is 23.9 Å². The van der Waals surface area contributed by atoms with Crippen molar-refractivity contribution in [2.45, 2.75) is 37.6 Å². The molecule has 0 bridgehead atoms. The van der Waals surface area contributed by atoms with Crippen LogP contribution in [0.1, 0.15) is 24.4 Å². The number of likely N-dealkylation sites (tertiary alicyclic amines) is 2. The minimum absolute atomic E-state index is 0.0312. The van der Waals surface area contributed by atoms with Gasteiger partial charge < -0.3 is 15.1 Å². The first kappa shape index (κ1) is 29.5. The van der Waals surface area contributed by atoms with E-state index >= 15 is 0 Å². The molecule has 0 radical (unpaired) electrons. The highest BCUT2D eigenvalue weighted by Crippen LogP contribution is 2.38. The van der Waals surface area contributed by atoms with E-state index in [-0.39, 0.29) is 37.6 Å². The Hall–Kier alpha value is -4.59. The Kier molecular flexibility index (Phi) is 7.70. The van der Waals surface area contributed by atoms with Crippen LogP contribution >= 0.6 is 0 Å². The summed E-state index contributed by atoms with van der Waals surface area (Å²) < 4.78 is 56.4. The summed E-state index contributed by atoms with van der Waals surface area (Å²) in [7, 11) is 2.05. The number of benzene rings is 1. The quantitative estimate of drug-likeness (QED) is 0.250. The number of fused-ring (bicyclic) bond motifs is 1. The van der Waals surface area contributed by atoms with E-state index in [2.05, 4.69) is 33.9 Å². The van der Waals surface area contributed by atoms with Crippen LogP contribution in [0.3, 0.4) is 0 Å². The maximum absolute atomic E-state index is 13.5. The molecule has 0 spiro atoms. The summed E-state index contributed by atoms with van der Waals surface area (Å²) in [5.74, 6) is -2.01. The highest BCUT2D eigenvalue weighted by atomic mass is 19.4. The molecule has 230 valence electrons. The monoisotopic (exact) mass is 610 g/mol. The number of amides is 2. The normalized spacial score (nSPS) is 16.7. The first-order valence-corrected chi connectivity index (χ1v) is 14.2. The van der Waals surface area contributed by atoms with Crippen LogP contribution in [0.4, 0.5) is 17.6 Å². The van der Waals surface area contributed by atoms with Crippen molar-refractivity contribution in [1.82, 2.24) is 39.7 Å². The van der Waals surface area contributed by atoms with Gasteiger partial charge in [-0.15, -0.1) is 0 Å². The van der Waals surface area contributed by atoms with Crippen molar-refractivity contribution in [1.29, 1.82) is 0 Å². The van der Waals surface area contributed by atoms with E-state index in [4.69, 9.17) is 5.10 Å². The van der Waals surface area contributed by atoms with Gasteiger partial charge in [0.25, 0.3) is 5.91 Å². The van der Waals surface area contributed by atoms with Gasteiger partial charge in [0.2, 0.25) is 5.91 Å². The van der Waals surface area contributed by atoms with E-state index in [0.29, 0.717) is 33.4 Å². The zero-order valence-corrected chi connectivity index (χ0v) is 23.9. The second-order valence-corrected chi connectivity index (χ2v) is 11.3. The van der Waals surface area contributed by atoms with Crippen LogP contribution < -0.4 is 5.32 Å². The Labute approximate surface area is 249 Å². The Balaban J connectivity index is 1.32. The van der Waals surface area contributed by atoms with Crippen molar-refractivity contribution in [3.63, 3.8) is 0 Å². The number of carbonyl (C=O) groups is 2. The number of pyridine rings is 1. The molecule has 1 N–H and O–H groups in total. The molecule has 2 saturated heterocycles. The van der Waals surface area contributed by atoms with Gasteiger partial charge in [-0.1, -0.05) is 18.7 Å². The molecule has 2 aliphatic heterocycles. The minimum Gasteiger partial charge on any atom is -0.352 e. The van der Waals surface area contributed by atoms with Gasteiger partial charge in [0.1, 0.15) is 17.8 Å². The van der Waals surface area contributed by atoms with Crippen molar-refractivity contribution < 1.29 is 27.2 Å². The molecule has 0 atom stereocenters. The van der Waals surface area contributed by atoms with Crippen LogP contribution in [0.15, 0.2) is 61.3 Å². The predicted octanol–water partition coefficient (Wildman–Crippen LogP) is 4.06. The zero-order chi connectivity index (χ0) is 31.2. The Morgan fingerprint density at radius 1 is 1.07 bits per heavy atom. The zero-order valence-electron chi connectivity index (χ0n) is 23.9.